The molecule has 0 atom stereocenters. The summed E-state index contributed by atoms with van der Waals surface area (Å²) in [6.45, 7) is -0.854. The molecule has 7 nitrogen and oxygen atoms in total. The lowest BCUT2D eigenvalue weighted by Crippen LogP contribution is -2.36. The van der Waals surface area contributed by atoms with Gasteiger partial charge < -0.3 is 9.84 Å². The number of benzene rings is 1. The third kappa shape index (κ3) is 3.94. The standard InChI is InChI=1S/C12H14N2O5S/c1-19-10-3-5-11(6-4-10)20(17,18)14(8-2-7-13)9-12(15)16/h3-6H,2,8-9H2,1H3,(H,15,16). The molecule has 0 bridgehead atoms. The van der Waals surface area contributed by atoms with E-state index in [0.29, 0.717) is 5.75 Å². The van der Waals surface area contributed by atoms with Crippen LogP contribution in [0.25, 0.3) is 0 Å². The minimum absolute atomic E-state index is 0.0440. The summed E-state index contributed by atoms with van der Waals surface area (Å²) in [5, 5.41) is 17.3. The van der Waals surface area contributed by atoms with Crippen molar-refractivity contribution >= 4 is 16.0 Å². The van der Waals surface area contributed by atoms with Crippen LogP contribution in [0.5, 0.6) is 5.75 Å². The Morgan fingerprint density at radius 2 is 2.00 bits per heavy atom. The molecule has 0 aliphatic carbocycles. The molecule has 0 unspecified atom stereocenters. The maximum absolute atomic E-state index is 12.3. The second-order valence-corrected chi connectivity index (χ2v) is 5.75. The molecule has 0 amide bonds. The summed E-state index contributed by atoms with van der Waals surface area (Å²) in [7, 11) is -2.50. The normalized spacial score (nSPS) is 11.1. The van der Waals surface area contributed by atoms with E-state index >= 15 is 0 Å². The lowest BCUT2D eigenvalue weighted by atomic mass is 10.3. The van der Waals surface area contributed by atoms with Gasteiger partial charge in [0, 0.05) is 13.0 Å². The highest BCUT2D eigenvalue weighted by Gasteiger charge is 2.26. The Bertz CT molecular complexity index is 604. The number of rotatable bonds is 7. The van der Waals surface area contributed by atoms with Gasteiger partial charge in [0.2, 0.25) is 10.0 Å². The van der Waals surface area contributed by atoms with Crippen molar-refractivity contribution in [3.63, 3.8) is 0 Å². The monoisotopic (exact) mass is 298 g/mol. The Labute approximate surface area is 117 Å². The third-order valence-corrected chi connectivity index (χ3v) is 4.34. The largest absolute Gasteiger partial charge is 0.497 e. The van der Waals surface area contributed by atoms with Gasteiger partial charge in [-0.25, -0.2) is 8.42 Å². The van der Waals surface area contributed by atoms with E-state index < -0.39 is 22.5 Å². The number of hydrogen-bond acceptors (Lipinski definition) is 5. The fourth-order valence-corrected chi connectivity index (χ4v) is 2.90. The quantitative estimate of drug-likeness (QED) is 0.793. The van der Waals surface area contributed by atoms with E-state index in [2.05, 4.69) is 0 Å². The molecule has 108 valence electrons. The first kappa shape index (κ1) is 15.9. The molecule has 0 heterocycles. The number of methoxy groups -OCH3 is 1. The number of carboxylic acids is 1. The highest BCUT2D eigenvalue weighted by molar-refractivity contribution is 7.89. The van der Waals surface area contributed by atoms with Crippen molar-refractivity contribution in [2.24, 2.45) is 0 Å². The van der Waals surface area contributed by atoms with E-state index in [9.17, 15) is 13.2 Å². The van der Waals surface area contributed by atoms with Crippen LogP contribution in [0.3, 0.4) is 0 Å². The zero-order valence-electron chi connectivity index (χ0n) is 10.8. The van der Waals surface area contributed by atoms with Gasteiger partial charge in [0.15, 0.2) is 0 Å². The van der Waals surface area contributed by atoms with Crippen LogP contribution in [-0.2, 0) is 14.8 Å². The van der Waals surface area contributed by atoms with Gasteiger partial charge in [-0.2, -0.15) is 9.57 Å². The van der Waals surface area contributed by atoms with Crippen molar-refractivity contribution in [2.45, 2.75) is 11.3 Å². The number of sulfonamides is 1. The molecule has 1 rings (SSSR count). The fourth-order valence-electron chi connectivity index (χ4n) is 1.51. The molecule has 0 aliphatic heterocycles. The molecular formula is C12H14N2O5S. The van der Waals surface area contributed by atoms with Crippen molar-refractivity contribution in [1.29, 1.82) is 5.26 Å². The molecular weight excluding hydrogens is 284 g/mol. The van der Waals surface area contributed by atoms with Crippen LogP contribution in [0, 0.1) is 11.3 Å². The average Bonchev–Trinajstić information content (AvgIpc) is 2.43. The molecule has 0 aliphatic rings. The van der Waals surface area contributed by atoms with Gasteiger partial charge >= 0.3 is 5.97 Å². The first-order chi connectivity index (χ1) is 9.41. The van der Waals surface area contributed by atoms with E-state index in [4.69, 9.17) is 15.1 Å². The van der Waals surface area contributed by atoms with Gasteiger partial charge in [0.25, 0.3) is 0 Å². The van der Waals surface area contributed by atoms with E-state index in [1.54, 1.807) is 6.07 Å². The summed E-state index contributed by atoms with van der Waals surface area (Å²) in [4.78, 5) is 10.7. The van der Waals surface area contributed by atoms with Crippen molar-refractivity contribution in [3.8, 4) is 11.8 Å². The summed E-state index contributed by atoms with van der Waals surface area (Å²) in [6.07, 6.45) is -0.0807. The predicted octanol–water partition coefficient (Wildman–Crippen LogP) is 0.684. The Morgan fingerprint density at radius 1 is 1.40 bits per heavy atom. The average molecular weight is 298 g/mol. The lowest BCUT2D eigenvalue weighted by molar-refractivity contribution is -0.137. The van der Waals surface area contributed by atoms with Gasteiger partial charge in [-0.1, -0.05) is 0 Å². The zero-order valence-corrected chi connectivity index (χ0v) is 11.6. The number of carboxylic acid groups (broad SMARTS) is 1. The molecule has 0 aromatic heterocycles. The molecule has 8 heteroatoms. The first-order valence-corrected chi connectivity index (χ1v) is 7.08. The van der Waals surface area contributed by atoms with Gasteiger partial charge in [-0.3, -0.25) is 4.79 Å². The van der Waals surface area contributed by atoms with Crippen molar-refractivity contribution in [2.75, 3.05) is 20.2 Å². The van der Waals surface area contributed by atoms with Crippen LogP contribution in [0.1, 0.15) is 6.42 Å². The van der Waals surface area contributed by atoms with Crippen LogP contribution in [0.15, 0.2) is 29.2 Å². The Hall–Kier alpha value is -2.11. The molecule has 0 radical (unpaired) electrons. The van der Waals surface area contributed by atoms with Gasteiger partial charge in [0.1, 0.15) is 12.3 Å². The summed E-state index contributed by atoms with van der Waals surface area (Å²) < 4.78 is 30.3. The second-order valence-electron chi connectivity index (χ2n) is 3.82. The van der Waals surface area contributed by atoms with Crippen LogP contribution < -0.4 is 4.74 Å². The molecule has 1 N–H and O–H groups in total. The number of aliphatic carboxylic acids is 1. The number of hydrogen-bond donors (Lipinski definition) is 1. The third-order valence-electron chi connectivity index (χ3n) is 2.48. The Morgan fingerprint density at radius 3 is 2.45 bits per heavy atom. The number of nitrogens with zero attached hydrogens (tertiary/aromatic N) is 2. The highest BCUT2D eigenvalue weighted by atomic mass is 32.2. The van der Waals surface area contributed by atoms with E-state index in [1.165, 1.54) is 31.4 Å². The number of nitriles is 1. The Balaban J connectivity index is 3.07. The molecule has 0 fully saturated rings. The SMILES string of the molecule is COc1ccc(S(=O)(=O)N(CCC#N)CC(=O)O)cc1. The molecule has 1 aromatic rings. The van der Waals surface area contributed by atoms with Crippen molar-refractivity contribution < 1.29 is 23.1 Å². The van der Waals surface area contributed by atoms with Crippen molar-refractivity contribution in [1.82, 2.24) is 4.31 Å². The van der Waals surface area contributed by atoms with Crippen LogP contribution in [0.4, 0.5) is 0 Å². The van der Waals surface area contributed by atoms with Crippen LogP contribution in [-0.4, -0.2) is 44.0 Å². The number of ether oxygens (including phenoxy) is 1. The molecule has 0 saturated heterocycles. The van der Waals surface area contributed by atoms with E-state index in [1.807, 2.05) is 0 Å². The predicted molar refractivity (Wildman–Crippen MR) is 69.6 cm³/mol. The second kappa shape index (κ2) is 6.88. The first-order valence-electron chi connectivity index (χ1n) is 5.64. The zero-order chi connectivity index (χ0) is 15.2. The highest BCUT2D eigenvalue weighted by Crippen LogP contribution is 2.19. The fraction of sp³-hybridized carbons (Fsp3) is 0.333. The smallest absolute Gasteiger partial charge is 0.318 e. The summed E-state index contributed by atoms with van der Waals surface area (Å²) in [6, 6.07) is 7.39. The maximum atomic E-state index is 12.3. The Kier molecular flexibility index (Phi) is 5.49. The van der Waals surface area contributed by atoms with Gasteiger partial charge in [-0.05, 0) is 24.3 Å². The molecule has 0 spiro atoms. The molecule has 20 heavy (non-hydrogen) atoms. The van der Waals surface area contributed by atoms with E-state index in [0.717, 1.165) is 4.31 Å². The minimum atomic E-state index is -3.95. The van der Waals surface area contributed by atoms with Gasteiger partial charge in [0.05, 0.1) is 18.1 Å². The number of carbonyl (C=O) groups is 1. The summed E-state index contributed by atoms with van der Waals surface area (Å²) >= 11 is 0. The topological polar surface area (TPSA) is 108 Å². The van der Waals surface area contributed by atoms with E-state index in [-0.39, 0.29) is 17.9 Å². The summed E-state index contributed by atoms with van der Waals surface area (Å²) in [5.41, 5.74) is 0. The minimum Gasteiger partial charge on any atom is -0.497 e. The van der Waals surface area contributed by atoms with Crippen molar-refractivity contribution in [3.05, 3.63) is 24.3 Å². The lowest BCUT2D eigenvalue weighted by Gasteiger charge is -2.19. The maximum Gasteiger partial charge on any atom is 0.318 e. The molecule has 0 saturated carbocycles. The van der Waals surface area contributed by atoms with Gasteiger partial charge in [-0.15, -0.1) is 0 Å². The van der Waals surface area contributed by atoms with Crippen LogP contribution >= 0.6 is 0 Å². The molecule has 1 aromatic carbocycles. The summed E-state index contributed by atoms with van der Waals surface area (Å²) in [5.74, 6) is -0.786. The van der Waals surface area contributed by atoms with Crippen LogP contribution in [0.2, 0.25) is 0 Å².